The topological polar surface area (TPSA) is 51.5 Å². The summed E-state index contributed by atoms with van der Waals surface area (Å²) >= 11 is 3.29. The van der Waals surface area contributed by atoms with Crippen molar-refractivity contribution in [3.8, 4) is 5.88 Å². The van der Waals surface area contributed by atoms with Crippen molar-refractivity contribution in [1.82, 2.24) is 19.7 Å². The Morgan fingerprint density at radius 2 is 2.25 bits per heavy atom. The summed E-state index contributed by atoms with van der Waals surface area (Å²) in [5.74, 6) is 0.687. The van der Waals surface area contributed by atoms with Crippen LogP contribution in [0.2, 0.25) is 0 Å². The lowest BCUT2D eigenvalue weighted by atomic mass is 10.3. The molecule has 3 aromatic rings. The molecule has 0 spiro atoms. The maximum absolute atomic E-state index is 5.35. The molecule has 0 aliphatic heterocycles. The van der Waals surface area contributed by atoms with Crippen LogP contribution in [0.3, 0.4) is 0 Å². The van der Waals surface area contributed by atoms with Gasteiger partial charge in [-0.2, -0.15) is 4.98 Å². The number of hydrogen-bond acceptors (Lipinski definition) is 6. The molecule has 0 aliphatic rings. The van der Waals surface area contributed by atoms with Crippen molar-refractivity contribution in [2.24, 2.45) is 0 Å². The molecule has 0 amide bonds. The smallest absolute Gasteiger partial charge is 0.237 e. The molecule has 3 aromatic heterocycles. The van der Waals surface area contributed by atoms with Gasteiger partial charge in [0.25, 0.3) is 0 Å². The third kappa shape index (κ3) is 2.44. The molecule has 0 fully saturated rings. The van der Waals surface area contributed by atoms with Gasteiger partial charge >= 0.3 is 0 Å². The van der Waals surface area contributed by atoms with Gasteiger partial charge < -0.3 is 10.1 Å². The van der Waals surface area contributed by atoms with E-state index >= 15 is 0 Å². The standard InChI is InChI=1S/C13H16N4OS2/c1-8-7-20-12(15-8)9(2)14-6-10-11(18-3)16-13-17(10)4-5-19-13/h4-5,7,9,14H,6H2,1-3H3. The van der Waals surface area contributed by atoms with Crippen molar-refractivity contribution in [3.63, 3.8) is 0 Å². The van der Waals surface area contributed by atoms with E-state index in [-0.39, 0.29) is 6.04 Å². The minimum atomic E-state index is 0.211. The molecule has 0 aliphatic carbocycles. The fraction of sp³-hybridized carbons (Fsp3) is 0.385. The van der Waals surface area contributed by atoms with Crippen LogP contribution >= 0.6 is 22.7 Å². The van der Waals surface area contributed by atoms with Crippen LogP contribution in [0.4, 0.5) is 0 Å². The first-order valence-corrected chi connectivity index (χ1v) is 8.08. The van der Waals surface area contributed by atoms with Crippen LogP contribution in [0, 0.1) is 6.92 Å². The van der Waals surface area contributed by atoms with E-state index < -0.39 is 0 Å². The number of thiazole rings is 2. The van der Waals surface area contributed by atoms with Gasteiger partial charge in [0, 0.05) is 29.2 Å². The first-order valence-electron chi connectivity index (χ1n) is 6.33. The van der Waals surface area contributed by atoms with Crippen LogP contribution in [0.15, 0.2) is 17.0 Å². The molecular weight excluding hydrogens is 292 g/mol. The third-order valence-electron chi connectivity index (χ3n) is 3.10. The van der Waals surface area contributed by atoms with Crippen LogP contribution < -0.4 is 10.1 Å². The molecule has 20 heavy (non-hydrogen) atoms. The zero-order chi connectivity index (χ0) is 14.1. The highest BCUT2D eigenvalue weighted by atomic mass is 32.1. The van der Waals surface area contributed by atoms with E-state index in [2.05, 4.69) is 32.0 Å². The summed E-state index contributed by atoms with van der Waals surface area (Å²) in [5.41, 5.74) is 2.12. The molecule has 1 unspecified atom stereocenters. The molecule has 106 valence electrons. The Labute approximate surface area is 125 Å². The number of nitrogens with one attached hydrogen (secondary N) is 1. The average molecular weight is 308 g/mol. The second-order valence-corrected chi connectivity index (χ2v) is 6.32. The minimum absolute atomic E-state index is 0.211. The summed E-state index contributed by atoms with van der Waals surface area (Å²) in [6.45, 7) is 4.83. The number of fused-ring (bicyclic) bond motifs is 1. The normalized spacial score (nSPS) is 12.9. The van der Waals surface area contributed by atoms with Gasteiger partial charge in [-0.25, -0.2) is 4.98 Å². The predicted molar refractivity (Wildman–Crippen MR) is 81.7 cm³/mol. The highest BCUT2D eigenvalue weighted by Gasteiger charge is 2.15. The summed E-state index contributed by atoms with van der Waals surface area (Å²) in [6.07, 6.45) is 2.02. The zero-order valence-electron chi connectivity index (χ0n) is 11.6. The van der Waals surface area contributed by atoms with Gasteiger partial charge in [-0.1, -0.05) is 0 Å². The molecular formula is C13H16N4OS2. The van der Waals surface area contributed by atoms with Gasteiger partial charge in [-0.05, 0) is 13.8 Å². The van der Waals surface area contributed by atoms with Crippen molar-refractivity contribution < 1.29 is 4.74 Å². The Balaban J connectivity index is 1.77. The summed E-state index contributed by atoms with van der Waals surface area (Å²) in [6, 6.07) is 0.211. The van der Waals surface area contributed by atoms with E-state index in [0.717, 1.165) is 21.4 Å². The Hall–Kier alpha value is -1.44. The number of hydrogen-bond donors (Lipinski definition) is 1. The highest BCUT2D eigenvalue weighted by molar-refractivity contribution is 7.15. The van der Waals surface area contributed by atoms with Crippen LogP contribution in [0.1, 0.15) is 29.4 Å². The monoisotopic (exact) mass is 308 g/mol. The molecule has 0 aromatic carbocycles. The average Bonchev–Trinajstić information content (AvgIpc) is 3.11. The van der Waals surface area contributed by atoms with Gasteiger partial charge in [-0.3, -0.25) is 4.40 Å². The number of nitrogens with zero attached hydrogens (tertiary/aromatic N) is 3. The van der Waals surface area contributed by atoms with Gasteiger partial charge in [0.15, 0.2) is 4.96 Å². The van der Waals surface area contributed by atoms with Crippen molar-refractivity contribution in [3.05, 3.63) is 33.4 Å². The van der Waals surface area contributed by atoms with Crippen molar-refractivity contribution in [2.75, 3.05) is 7.11 Å². The van der Waals surface area contributed by atoms with Crippen molar-refractivity contribution >= 4 is 27.6 Å². The van der Waals surface area contributed by atoms with Crippen LogP contribution in [-0.2, 0) is 6.54 Å². The van der Waals surface area contributed by atoms with E-state index in [0.29, 0.717) is 12.4 Å². The molecule has 5 nitrogen and oxygen atoms in total. The summed E-state index contributed by atoms with van der Waals surface area (Å²) in [7, 11) is 1.66. The summed E-state index contributed by atoms with van der Waals surface area (Å²) in [4.78, 5) is 9.92. The molecule has 0 saturated heterocycles. The third-order valence-corrected chi connectivity index (χ3v) is 5.00. The largest absolute Gasteiger partial charge is 0.480 e. The number of rotatable bonds is 5. The first-order chi connectivity index (χ1) is 9.69. The predicted octanol–water partition coefficient (Wildman–Crippen LogP) is 3.02. The van der Waals surface area contributed by atoms with E-state index in [1.807, 2.05) is 18.5 Å². The lowest BCUT2D eigenvalue weighted by molar-refractivity contribution is 0.391. The molecule has 0 bridgehead atoms. The molecule has 0 saturated carbocycles. The van der Waals surface area contributed by atoms with Gasteiger partial charge in [-0.15, -0.1) is 22.7 Å². The first kappa shape index (κ1) is 13.5. The van der Waals surface area contributed by atoms with Crippen molar-refractivity contribution in [1.29, 1.82) is 0 Å². The quantitative estimate of drug-likeness (QED) is 0.787. The van der Waals surface area contributed by atoms with E-state index in [9.17, 15) is 0 Å². The van der Waals surface area contributed by atoms with Gasteiger partial charge in [0.2, 0.25) is 5.88 Å². The second-order valence-electron chi connectivity index (χ2n) is 4.55. The Kier molecular flexibility index (Phi) is 3.73. The second kappa shape index (κ2) is 5.51. The van der Waals surface area contributed by atoms with Crippen molar-refractivity contribution in [2.45, 2.75) is 26.4 Å². The molecule has 3 rings (SSSR count). The summed E-state index contributed by atoms with van der Waals surface area (Å²) in [5, 5.41) is 8.69. The van der Waals surface area contributed by atoms with Gasteiger partial charge in [0.05, 0.1) is 13.2 Å². The maximum Gasteiger partial charge on any atom is 0.237 e. The lowest BCUT2D eigenvalue weighted by Gasteiger charge is -2.11. The highest BCUT2D eigenvalue weighted by Crippen LogP contribution is 2.24. The molecule has 3 heterocycles. The molecule has 0 radical (unpaired) electrons. The zero-order valence-corrected chi connectivity index (χ0v) is 13.2. The van der Waals surface area contributed by atoms with Gasteiger partial charge in [0.1, 0.15) is 10.7 Å². The SMILES string of the molecule is COc1nc2sccn2c1CNC(C)c1nc(C)cs1. The van der Waals surface area contributed by atoms with Crippen LogP contribution in [0.5, 0.6) is 5.88 Å². The number of ether oxygens (including phenoxy) is 1. The number of aromatic nitrogens is 3. The fourth-order valence-electron chi connectivity index (χ4n) is 2.05. The van der Waals surface area contributed by atoms with E-state index in [1.165, 1.54) is 0 Å². The maximum atomic E-state index is 5.35. The summed E-state index contributed by atoms with van der Waals surface area (Å²) < 4.78 is 7.42. The number of imidazole rings is 1. The Bertz CT molecular complexity index is 715. The van der Waals surface area contributed by atoms with Crippen LogP contribution in [-0.4, -0.2) is 21.5 Å². The lowest BCUT2D eigenvalue weighted by Crippen LogP contribution is -2.19. The Morgan fingerprint density at radius 1 is 1.40 bits per heavy atom. The number of methoxy groups -OCH3 is 1. The Morgan fingerprint density at radius 3 is 2.95 bits per heavy atom. The van der Waals surface area contributed by atoms with Crippen LogP contribution in [0.25, 0.3) is 4.96 Å². The minimum Gasteiger partial charge on any atom is -0.480 e. The number of aryl methyl sites for hydroxylation is 1. The molecule has 1 atom stereocenters. The molecule has 7 heteroatoms. The molecule has 1 N–H and O–H groups in total. The fourth-order valence-corrected chi connectivity index (χ4v) is 3.60. The van der Waals surface area contributed by atoms with E-state index in [4.69, 9.17) is 4.74 Å². The van der Waals surface area contributed by atoms with E-state index in [1.54, 1.807) is 29.8 Å².